The van der Waals surface area contributed by atoms with Gasteiger partial charge in [-0.05, 0) is 12.5 Å². The molecule has 7 nitrogen and oxygen atoms in total. The smallest absolute Gasteiger partial charge is 0.271 e. The second-order valence-electron chi connectivity index (χ2n) is 3.39. The number of hydrogen-bond acceptors (Lipinski definition) is 5. The summed E-state index contributed by atoms with van der Waals surface area (Å²) < 4.78 is 22.6. The maximum atomic E-state index is 11.5. The number of non-ortho nitro benzene ring substituents is 1. The number of nitro benzene ring substituents is 1. The van der Waals surface area contributed by atoms with Crippen LogP contribution in [0.3, 0.4) is 0 Å². The normalized spacial score (nSPS) is 11.1. The van der Waals surface area contributed by atoms with E-state index in [1.165, 1.54) is 14.0 Å². The molecular formula is C9H9ClN2O5S. The first-order valence-corrected chi connectivity index (χ1v) is 6.95. The van der Waals surface area contributed by atoms with Crippen molar-refractivity contribution in [2.45, 2.75) is 11.8 Å². The molecule has 1 rings (SSSR count). The number of hydrogen-bond donors (Lipinski definition) is 1. The van der Waals surface area contributed by atoms with Crippen molar-refractivity contribution >= 4 is 31.3 Å². The van der Waals surface area contributed by atoms with Crippen molar-refractivity contribution in [2.75, 3.05) is 7.05 Å². The minimum absolute atomic E-state index is 0.0648. The number of amides is 1. The van der Waals surface area contributed by atoms with Crippen LogP contribution in [0.5, 0.6) is 0 Å². The van der Waals surface area contributed by atoms with Gasteiger partial charge in [0.05, 0.1) is 15.4 Å². The summed E-state index contributed by atoms with van der Waals surface area (Å²) in [6.07, 6.45) is 0. The third-order valence-corrected chi connectivity index (χ3v) is 3.74. The third kappa shape index (κ3) is 2.77. The van der Waals surface area contributed by atoms with E-state index in [4.69, 9.17) is 10.7 Å². The Balaban J connectivity index is 3.69. The Morgan fingerprint density at radius 1 is 1.44 bits per heavy atom. The molecule has 1 amide bonds. The summed E-state index contributed by atoms with van der Waals surface area (Å²) >= 11 is 0. The van der Waals surface area contributed by atoms with Gasteiger partial charge in [0.2, 0.25) is 0 Å². The molecule has 98 valence electrons. The Morgan fingerprint density at radius 2 is 2.00 bits per heavy atom. The molecule has 0 bridgehead atoms. The molecule has 9 heteroatoms. The zero-order valence-corrected chi connectivity index (χ0v) is 11.0. The van der Waals surface area contributed by atoms with Crippen LogP contribution in [0.4, 0.5) is 5.69 Å². The lowest BCUT2D eigenvalue weighted by molar-refractivity contribution is -0.385. The number of nitrogens with one attached hydrogen (secondary N) is 1. The number of halogens is 1. The molecule has 0 atom stereocenters. The van der Waals surface area contributed by atoms with Gasteiger partial charge in [0.15, 0.2) is 0 Å². The van der Waals surface area contributed by atoms with E-state index in [0.29, 0.717) is 0 Å². The predicted molar refractivity (Wildman–Crippen MR) is 64.3 cm³/mol. The Hall–Kier alpha value is -1.67. The minimum atomic E-state index is -4.17. The highest BCUT2D eigenvalue weighted by Crippen LogP contribution is 2.28. The van der Waals surface area contributed by atoms with Gasteiger partial charge in [0.1, 0.15) is 0 Å². The van der Waals surface area contributed by atoms with Gasteiger partial charge in [0.25, 0.3) is 20.6 Å². The second-order valence-corrected chi connectivity index (χ2v) is 5.92. The van der Waals surface area contributed by atoms with E-state index >= 15 is 0 Å². The summed E-state index contributed by atoms with van der Waals surface area (Å²) in [5.41, 5.74) is -0.556. The SMILES string of the molecule is CNC(=O)c1cc([N+](=O)[O-])cc(S(=O)(=O)Cl)c1C. The van der Waals surface area contributed by atoms with Crippen LogP contribution >= 0.6 is 10.7 Å². The molecule has 0 heterocycles. The Labute approximate surface area is 107 Å². The van der Waals surface area contributed by atoms with Crippen molar-refractivity contribution in [1.82, 2.24) is 5.32 Å². The quantitative estimate of drug-likeness (QED) is 0.511. The van der Waals surface area contributed by atoms with Gasteiger partial charge >= 0.3 is 0 Å². The van der Waals surface area contributed by atoms with Gasteiger partial charge in [-0.1, -0.05) is 0 Å². The van der Waals surface area contributed by atoms with Gasteiger partial charge in [0, 0.05) is 29.9 Å². The molecule has 18 heavy (non-hydrogen) atoms. The van der Waals surface area contributed by atoms with Crippen LogP contribution in [-0.4, -0.2) is 26.3 Å². The number of nitro groups is 1. The van der Waals surface area contributed by atoms with Crippen LogP contribution in [0.25, 0.3) is 0 Å². The summed E-state index contributed by atoms with van der Waals surface area (Å²) in [4.78, 5) is 21.0. The van der Waals surface area contributed by atoms with Crippen LogP contribution < -0.4 is 5.32 Å². The first-order chi connectivity index (χ1) is 8.18. The fourth-order valence-corrected chi connectivity index (χ4v) is 2.62. The lowest BCUT2D eigenvalue weighted by Crippen LogP contribution is -2.20. The summed E-state index contributed by atoms with van der Waals surface area (Å²) in [6.45, 7) is 1.35. The predicted octanol–water partition coefficient (Wildman–Crippen LogP) is 1.19. The highest BCUT2D eigenvalue weighted by Gasteiger charge is 2.24. The molecule has 0 saturated carbocycles. The first kappa shape index (κ1) is 14.4. The largest absolute Gasteiger partial charge is 0.355 e. The maximum absolute atomic E-state index is 11.5. The zero-order valence-electron chi connectivity index (χ0n) is 9.43. The number of benzene rings is 1. The molecule has 0 aliphatic carbocycles. The van der Waals surface area contributed by atoms with Gasteiger partial charge < -0.3 is 5.32 Å². The lowest BCUT2D eigenvalue weighted by atomic mass is 10.1. The van der Waals surface area contributed by atoms with Gasteiger partial charge in [-0.25, -0.2) is 8.42 Å². The van der Waals surface area contributed by atoms with Crippen molar-refractivity contribution in [3.63, 3.8) is 0 Å². The van der Waals surface area contributed by atoms with Crippen LogP contribution in [0.1, 0.15) is 15.9 Å². The molecule has 0 saturated heterocycles. The average molecular weight is 293 g/mol. The Bertz CT molecular complexity index is 626. The van der Waals surface area contributed by atoms with Crippen LogP contribution in [-0.2, 0) is 9.05 Å². The first-order valence-electron chi connectivity index (χ1n) is 4.64. The molecular weight excluding hydrogens is 284 g/mol. The van der Waals surface area contributed by atoms with Crippen molar-refractivity contribution in [1.29, 1.82) is 0 Å². The molecule has 0 unspecified atom stereocenters. The van der Waals surface area contributed by atoms with Crippen molar-refractivity contribution < 1.29 is 18.1 Å². The average Bonchev–Trinajstić information content (AvgIpc) is 2.26. The standard InChI is InChI=1S/C9H9ClN2O5S/c1-5-7(9(13)11-2)3-6(12(14)15)4-8(5)18(10,16)17/h3-4H,1-2H3,(H,11,13). The molecule has 0 aromatic heterocycles. The third-order valence-electron chi connectivity index (χ3n) is 2.29. The molecule has 1 aromatic rings. The van der Waals surface area contributed by atoms with E-state index in [0.717, 1.165) is 12.1 Å². The number of rotatable bonds is 3. The van der Waals surface area contributed by atoms with Crippen molar-refractivity contribution in [3.8, 4) is 0 Å². The highest BCUT2D eigenvalue weighted by atomic mass is 35.7. The number of nitrogens with zero attached hydrogens (tertiary/aromatic N) is 1. The van der Waals surface area contributed by atoms with E-state index < -0.39 is 30.5 Å². The van der Waals surface area contributed by atoms with Crippen molar-refractivity contribution in [2.24, 2.45) is 0 Å². The summed E-state index contributed by atoms with van der Waals surface area (Å²) in [5.74, 6) is -0.627. The summed E-state index contributed by atoms with van der Waals surface area (Å²) in [6, 6.07) is 1.82. The molecule has 1 N–H and O–H groups in total. The van der Waals surface area contributed by atoms with E-state index in [2.05, 4.69) is 5.32 Å². The lowest BCUT2D eigenvalue weighted by Gasteiger charge is -2.08. The van der Waals surface area contributed by atoms with Gasteiger partial charge in [-0.3, -0.25) is 14.9 Å². The van der Waals surface area contributed by atoms with Crippen molar-refractivity contribution in [3.05, 3.63) is 33.4 Å². The molecule has 0 aliphatic heterocycles. The zero-order chi connectivity index (χ0) is 14.1. The summed E-state index contributed by atoms with van der Waals surface area (Å²) in [5, 5.41) is 13.0. The molecule has 0 fully saturated rings. The molecule has 0 radical (unpaired) electrons. The minimum Gasteiger partial charge on any atom is -0.355 e. The number of carbonyl (C=O) groups excluding carboxylic acids is 1. The fraction of sp³-hybridized carbons (Fsp3) is 0.222. The second kappa shape index (κ2) is 4.91. The fourth-order valence-electron chi connectivity index (χ4n) is 1.40. The monoisotopic (exact) mass is 292 g/mol. The van der Waals surface area contributed by atoms with Gasteiger partial charge in [-0.2, -0.15) is 0 Å². The summed E-state index contributed by atoms with van der Waals surface area (Å²) in [7, 11) is 2.34. The highest BCUT2D eigenvalue weighted by molar-refractivity contribution is 8.13. The van der Waals surface area contributed by atoms with Gasteiger partial charge in [-0.15, -0.1) is 0 Å². The van der Waals surface area contributed by atoms with E-state index in [9.17, 15) is 23.3 Å². The van der Waals surface area contributed by atoms with Crippen LogP contribution in [0, 0.1) is 17.0 Å². The maximum Gasteiger partial charge on any atom is 0.271 e. The Morgan fingerprint density at radius 3 is 2.39 bits per heavy atom. The van der Waals surface area contributed by atoms with E-state index in [1.807, 2.05) is 0 Å². The number of carbonyl (C=O) groups is 1. The van der Waals surface area contributed by atoms with Crippen LogP contribution in [0.15, 0.2) is 17.0 Å². The Kier molecular flexibility index (Phi) is 3.92. The van der Waals surface area contributed by atoms with E-state index in [-0.39, 0.29) is 11.1 Å². The molecule has 1 aromatic carbocycles. The topological polar surface area (TPSA) is 106 Å². The van der Waals surface area contributed by atoms with E-state index in [1.54, 1.807) is 0 Å². The molecule has 0 aliphatic rings. The van der Waals surface area contributed by atoms with Crippen LogP contribution in [0.2, 0.25) is 0 Å². The molecule has 0 spiro atoms.